The van der Waals surface area contributed by atoms with Gasteiger partial charge in [0.05, 0.1) is 0 Å². The molecule has 3 nitrogen and oxygen atoms in total. The lowest BCUT2D eigenvalue weighted by Gasteiger charge is -2.19. The van der Waals surface area contributed by atoms with Crippen LogP contribution in [-0.2, 0) is 4.79 Å². The summed E-state index contributed by atoms with van der Waals surface area (Å²) in [6.07, 6.45) is 4.58. The van der Waals surface area contributed by atoms with E-state index in [1.54, 1.807) is 4.90 Å². The Bertz CT molecular complexity index is 153. The van der Waals surface area contributed by atoms with Crippen LogP contribution in [0.5, 0.6) is 0 Å². The highest BCUT2D eigenvalue weighted by Gasteiger charge is 2.24. The maximum atomic E-state index is 11.6. The second kappa shape index (κ2) is 4.45. The van der Waals surface area contributed by atoms with Crippen LogP contribution in [0.15, 0.2) is 0 Å². The summed E-state index contributed by atoms with van der Waals surface area (Å²) in [7, 11) is 1.84. The number of carbonyl (C=O) groups is 1. The molecule has 0 aromatic heterocycles. The number of hydrogen-bond donors (Lipinski definition) is 1. The van der Waals surface area contributed by atoms with Crippen molar-refractivity contribution in [2.24, 2.45) is 11.7 Å². The van der Waals surface area contributed by atoms with E-state index in [0.29, 0.717) is 19.0 Å². The Morgan fingerprint density at radius 1 is 1.50 bits per heavy atom. The molecular weight excluding hydrogens is 152 g/mol. The molecule has 1 aliphatic rings. The summed E-state index contributed by atoms with van der Waals surface area (Å²) in [5.41, 5.74) is 5.37. The van der Waals surface area contributed by atoms with Gasteiger partial charge in [0.25, 0.3) is 0 Å². The van der Waals surface area contributed by atoms with Gasteiger partial charge in [-0.25, -0.2) is 0 Å². The third-order valence-electron chi connectivity index (χ3n) is 2.55. The molecule has 1 rings (SSSR count). The average molecular weight is 170 g/mol. The number of nitrogens with two attached hydrogens (primary N) is 1. The lowest BCUT2D eigenvalue weighted by atomic mass is 10.1. The predicted octanol–water partition coefficient (Wildman–Crippen LogP) is 0.594. The highest BCUT2D eigenvalue weighted by Crippen LogP contribution is 2.25. The summed E-state index contributed by atoms with van der Waals surface area (Å²) < 4.78 is 0. The first-order valence-corrected chi connectivity index (χ1v) is 4.70. The molecule has 0 atom stereocenters. The highest BCUT2D eigenvalue weighted by atomic mass is 16.2. The SMILES string of the molecule is CN(CCN)C(=O)C1CCCC1. The summed E-state index contributed by atoms with van der Waals surface area (Å²) in [6, 6.07) is 0. The van der Waals surface area contributed by atoms with Crippen molar-refractivity contribution in [2.45, 2.75) is 25.7 Å². The Morgan fingerprint density at radius 3 is 2.58 bits per heavy atom. The molecule has 0 aromatic carbocycles. The smallest absolute Gasteiger partial charge is 0.225 e. The van der Waals surface area contributed by atoms with E-state index in [4.69, 9.17) is 5.73 Å². The Balaban J connectivity index is 2.34. The summed E-state index contributed by atoms with van der Waals surface area (Å²) in [5, 5.41) is 0. The molecule has 0 radical (unpaired) electrons. The van der Waals surface area contributed by atoms with Crippen LogP contribution in [0.1, 0.15) is 25.7 Å². The van der Waals surface area contributed by atoms with E-state index in [-0.39, 0.29) is 5.91 Å². The van der Waals surface area contributed by atoms with E-state index in [2.05, 4.69) is 0 Å². The van der Waals surface area contributed by atoms with Crippen LogP contribution in [0.2, 0.25) is 0 Å². The van der Waals surface area contributed by atoms with Crippen molar-refractivity contribution >= 4 is 5.91 Å². The molecule has 1 saturated carbocycles. The molecule has 0 saturated heterocycles. The van der Waals surface area contributed by atoms with Gasteiger partial charge in [-0.2, -0.15) is 0 Å². The largest absolute Gasteiger partial charge is 0.344 e. The fraction of sp³-hybridized carbons (Fsp3) is 0.889. The molecule has 70 valence electrons. The van der Waals surface area contributed by atoms with Gasteiger partial charge < -0.3 is 10.6 Å². The summed E-state index contributed by atoms with van der Waals surface area (Å²) in [6.45, 7) is 1.25. The van der Waals surface area contributed by atoms with Crippen LogP contribution in [0.25, 0.3) is 0 Å². The Kier molecular flexibility index (Phi) is 3.53. The molecule has 12 heavy (non-hydrogen) atoms. The topological polar surface area (TPSA) is 46.3 Å². The van der Waals surface area contributed by atoms with Crippen molar-refractivity contribution in [3.05, 3.63) is 0 Å². The molecule has 2 N–H and O–H groups in total. The molecule has 0 heterocycles. The van der Waals surface area contributed by atoms with Gasteiger partial charge in [0.15, 0.2) is 0 Å². The van der Waals surface area contributed by atoms with Crippen molar-refractivity contribution < 1.29 is 4.79 Å². The molecule has 1 amide bonds. The van der Waals surface area contributed by atoms with Crippen molar-refractivity contribution in [3.63, 3.8) is 0 Å². The van der Waals surface area contributed by atoms with Crippen molar-refractivity contribution in [1.29, 1.82) is 0 Å². The van der Waals surface area contributed by atoms with Gasteiger partial charge in [-0.05, 0) is 12.8 Å². The molecule has 0 bridgehead atoms. The number of rotatable bonds is 3. The van der Waals surface area contributed by atoms with Gasteiger partial charge >= 0.3 is 0 Å². The van der Waals surface area contributed by atoms with E-state index in [9.17, 15) is 4.79 Å². The molecule has 3 heteroatoms. The Hall–Kier alpha value is -0.570. The molecular formula is C9H18N2O. The minimum absolute atomic E-state index is 0.290. The lowest BCUT2D eigenvalue weighted by Crippen LogP contribution is -2.35. The van der Waals surface area contributed by atoms with Crippen molar-refractivity contribution in [3.8, 4) is 0 Å². The molecule has 0 unspecified atom stereocenters. The standard InChI is InChI=1S/C9H18N2O/c1-11(7-6-10)9(12)8-4-2-3-5-8/h8H,2-7,10H2,1H3. The van der Waals surface area contributed by atoms with Crippen LogP contribution < -0.4 is 5.73 Å². The third-order valence-corrected chi connectivity index (χ3v) is 2.55. The first-order chi connectivity index (χ1) is 5.75. The quantitative estimate of drug-likeness (QED) is 0.674. The second-order valence-electron chi connectivity index (χ2n) is 3.53. The Morgan fingerprint density at radius 2 is 2.08 bits per heavy atom. The monoisotopic (exact) mass is 170 g/mol. The van der Waals surface area contributed by atoms with Gasteiger partial charge in [-0.1, -0.05) is 12.8 Å². The van der Waals surface area contributed by atoms with Crippen LogP contribution in [0.3, 0.4) is 0 Å². The van der Waals surface area contributed by atoms with E-state index in [1.807, 2.05) is 7.05 Å². The zero-order valence-electron chi connectivity index (χ0n) is 7.75. The molecule has 1 aliphatic carbocycles. The number of likely N-dealkylation sites (N-methyl/N-ethyl adjacent to an activating group) is 1. The van der Waals surface area contributed by atoms with Crippen molar-refractivity contribution in [1.82, 2.24) is 4.90 Å². The van der Waals surface area contributed by atoms with Crippen molar-refractivity contribution in [2.75, 3.05) is 20.1 Å². The Labute approximate surface area is 73.9 Å². The number of nitrogens with zero attached hydrogens (tertiary/aromatic N) is 1. The highest BCUT2D eigenvalue weighted by molar-refractivity contribution is 5.78. The fourth-order valence-corrected chi connectivity index (χ4v) is 1.79. The first kappa shape index (κ1) is 9.52. The fourth-order valence-electron chi connectivity index (χ4n) is 1.79. The maximum absolute atomic E-state index is 11.6. The van der Waals surface area contributed by atoms with E-state index >= 15 is 0 Å². The van der Waals surface area contributed by atoms with Gasteiger partial charge in [0.1, 0.15) is 0 Å². The molecule has 0 aromatic rings. The maximum Gasteiger partial charge on any atom is 0.225 e. The van der Waals surface area contributed by atoms with E-state index in [1.165, 1.54) is 12.8 Å². The van der Waals surface area contributed by atoms with Gasteiger partial charge in [0.2, 0.25) is 5.91 Å². The average Bonchev–Trinajstić information content (AvgIpc) is 2.55. The zero-order valence-corrected chi connectivity index (χ0v) is 7.75. The van der Waals surface area contributed by atoms with Crippen LogP contribution in [-0.4, -0.2) is 30.9 Å². The minimum atomic E-state index is 0.290. The molecule has 1 fully saturated rings. The molecule has 0 aliphatic heterocycles. The predicted molar refractivity (Wildman–Crippen MR) is 48.6 cm³/mol. The zero-order chi connectivity index (χ0) is 8.97. The van der Waals surface area contributed by atoms with Gasteiger partial charge in [-0.15, -0.1) is 0 Å². The normalized spacial score (nSPS) is 18.2. The summed E-state index contributed by atoms with van der Waals surface area (Å²) in [5.74, 6) is 0.583. The summed E-state index contributed by atoms with van der Waals surface area (Å²) in [4.78, 5) is 13.4. The van der Waals surface area contributed by atoms with Crippen LogP contribution in [0.4, 0.5) is 0 Å². The number of amides is 1. The van der Waals surface area contributed by atoms with E-state index < -0.39 is 0 Å². The van der Waals surface area contributed by atoms with E-state index in [0.717, 1.165) is 12.8 Å². The van der Waals surface area contributed by atoms with Gasteiger partial charge in [-0.3, -0.25) is 4.79 Å². The van der Waals surface area contributed by atoms with Crippen LogP contribution in [0, 0.1) is 5.92 Å². The number of hydrogen-bond acceptors (Lipinski definition) is 2. The van der Waals surface area contributed by atoms with Gasteiger partial charge in [0, 0.05) is 26.1 Å². The number of carbonyl (C=O) groups excluding carboxylic acids is 1. The second-order valence-corrected chi connectivity index (χ2v) is 3.53. The minimum Gasteiger partial charge on any atom is -0.344 e. The van der Waals surface area contributed by atoms with Crippen LogP contribution >= 0.6 is 0 Å². The first-order valence-electron chi connectivity index (χ1n) is 4.70. The lowest BCUT2D eigenvalue weighted by molar-refractivity contribution is -0.133. The molecule has 0 spiro atoms. The summed E-state index contributed by atoms with van der Waals surface area (Å²) >= 11 is 0. The third kappa shape index (κ3) is 2.21.